The quantitative estimate of drug-likeness (QED) is 0.745. The molecule has 4 nitrogen and oxygen atoms in total. The molecular formula is C16H14ClN3O. The van der Waals surface area contributed by atoms with E-state index in [1.165, 1.54) is 5.56 Å². The summed E-state index contributed by atoms with van der Waals surface area (Å²) in [4.78, 5) is 4.39. The van der Waals surface area contributed by atoms with Crippen LogP contribution < -0.4 is 5.73 Å². The van der Waals surface area contributed by atoms with Crippen molar-refractivity contribution >= 4 is 17.3 Å². The van der Waals surface area contributed by atoms with E-state index in [0.717, 1.165) is 12.8 Å². The second-order valence-electron chi connectivity index (χ2n) is 4.73. The smallest absolute Gasteiger partial charge is 0.260 e. The molecule has 106 valence electrons. The van der Waals surface area contributed by atoms with E-state index in [4.69, 9.17) is 21.9 Å². The Hall–Kier alpha value is -2.33. The van der Waals surface area contributed by atoms with Crippen molar-refractivity contribution in [3.63, 3.8) is 0 Å². The van der Waals surface area contributed by atoms with Crippen LogP contribution in [0.15, 0.2) is 53.1 Å². The fourth-order valence-electron chi connectivity index (χ4n) is 2.09. The number of nitrogen functional groups attached to an aromatic ring is 1. The third-order valence-electron chi connectivity index (χ3n) is 3.19. The zero-order chi connectivity index (χ0) is 14.7. The number of halogens is 1. The van der Waals surface area contributed by atoms with E-state index in [1.807, 2.05) is 18.2 Å². The monoisotopic (exact) mass is 299 g/mol. The Balaban J connectivity index is 1.74. The maximum Gasteiger partial charge on any atom is 0.260 e. The van der Waals surface area contributed by atoms with E-state index in [2.05, 4.69) is 22.3 Å². The Morgan fingerprint density at radius 1 is 1.05 bits per heavy atom. The summed E-state index contributed by atoms with van der Waals surface area (Å²) in [5, 5.41) is 4.58. The molecule has 0 aliphatic heterocycles. The van der Waals surface area contributed by atoms with Gasteiger partial charge < -0.3 is 10.3 Å². The van der Waals surface area contributed by atoms with Crippen molar-refractivity contribution in [2.24, 2.45) is 0 Å². The summed E-state index contributed by atoms with van der Waals surface area (Å²) < 4.78 is 5.28. The Morgan fingerprint density at radius 3 is 2.62 bits per heavy atom. The van der Waals surface area contributed by atoms with Crippen molar-refractivity contribution < 1.29 is 4.52 Å². The molecule has 3 rings (SSSR count). The fraction of sp³-hybridized carbons (Fsp3) is 0.125. The van der Waals surface area contributed by atoms with Crippen LogP contribution in [0.25, 0.3) is 11.5 Å². The molecule has 0 unspecified atom stereocenters. The molecule has 0 spiro atoms. The van der Waals surface area contributed by atoms with E-state index in [0.29, 0.717) is 28.0 Å². The summed E-state index contributed by atoms with van der Waals surface area (Å²) in [6.45, 7) is 0. The van der Waals surface area contributed by atoms with Crippen molar-refractivity contribution in [2.75, 3.05) is 5.73 Å². The van der Waals surface area contributed by atoms with Crippen LogP contribution >= 0.6 is 11.6 Å². The van der Waals surface area contributed by atoms with Crippen LogP contribution in [0.3, 0.4) is 0 Å². The molecule has 1 heterocycles. The molecule has 0 saturated carbocycles. The van der Waals surface area contributed by atoms with Gasteiger partial charge >= 0.3 is 0 Å². The lowest BCUT2D eigenvalue weighted by Crippen LogP contribution is -1.94. The fourth-order valence-corrected chi connectivity index (χ4v) is 2.27. The maximum absolute atomic E-state index is 5.92. The number of hydrogen-bond acceptors (Lipinski definition) is 4. The van der Waals surface area contributed by atoms with Gasteiger partial charge in [-0.2, -0.15) is 4.98 Å². The molecule has 0 saturated heterocycles. The van der Waals surface area contributed by atoms with Crippen LogP contribution in [0.1, 0.15) is 11.4 Å². The molecule has 0 radical (unpaired) electrons. The Morgan fingerprint density at radius 2 is 1.86 bits per heavy atom. The Kier molecular flexibility index (Phi) is 3.88. The van der Waals surface area contributed by atoms with E-state index < -0.39 is 0 Å². The zero-order valence-corrected chi connectivity index (χ0v) is 12.0. The number of nitrogens with zero attached hydrogens (tertiary/aromatic N) is 2. The van der Waals surface area contributed by atoms with Gasteiger partial charge in [0.15, 0.2) is 5.82 Å². The average Bonchev–Trinajstić information content (AvgIpc) is 2.95. The highest BCUT2D eigenvalue weighted by Crippen LogP contribution is 2.27. The molecule has 2 N–H and O–H groups in total. The molecule has 21 heavy (non-hydrogen) atoms. The first-order valence-electron chi connectivity index (χ1n) is 6.64. The molecule has 2 aromatic carbocycles. The van der Waals surface area contributed by atoms with Crippen LogP contribution in [-0.2, 0) is 12.8 Å². The third kappa shape index (κ3) is 3.23. The number of benzene rings is 2. The molecule has 0 fully saturated rings. The highest BCUT2D eigenvalue weighted by Gasteiger charge is 2.12. The van der Waals surface area contributed by atoms with Gasteiger partial charge in [0.25, 0.3) is 5.89 Å². The first-order valence-corrected chi connectivity index (χ1v) is 7.02. The van der Waals surface area contributed by atoms with E-state index in [9.17, 15) is 0 Å². The largest absolute Gasteiger partial charge is 0.398 e. The lowest BCUT2D eigenvalue weighted by molar-refractivity contribution is 0.422. The molecule has 0 atom stereocenters. The van der Waals surface area contributed by atoms with Crippen LogP contribution in [-0.4, -0.2) is 10.1 Å². The topological polar surface area (TPSA) is 64.9 Å². The van der Waals surface area contributed by atoms with Gasteiger partial charge in [0, 0.05) is 17.1 Å². The van der Waals surface area contributed by atoms with Crippen LogP contribution in [0.2, 0.25) is 5.02 Å². The van der Waals surface area contributed by atoms with Gasteiger partial charge in [-0.3, -0.25) is 0 Å². The first kappa shape index (κ1) is 13.6. The minimum Gasteiger partial charge on any atom is -0.398 e. The minimum atomic E-state index is 0.423. The zero-order valence-electron chi connectivity index (χ0n) is 11.3. The highest BCUT2D eigenvalue weighted by atomic mass is 35.5. The predicted molar refractivity (Wildman–Crippen MR) is 83.0 cm³/mol. The number of hydrogen-bond donors (Lipinski definition) is 1. The summed E-state index contributed by atoms with van der Waals surface area (Å²) in [5.74, 6) is 1.09. The molecule has 0 amide bonds. The van der Waals surface area contributed by atoms with E-state index >= 15 is 0 Å². The van der Waals surface area contributed by atoms with Gasteiger partial charge in [0.05, 0.1) is 5.56 Å². The number of aryl methyl sites for hydroxylation is 2. The highest BCUT2D eigenvalue weighted by molar-refractivity contribution is 6.31. The molecular weight excluding hydrogens is 286 g/mol. The van der Waals surface area contributed by atoms with Gasteiger partial charge in [0.2, 0.25) is 0 Å². The standard InChI is InChI=1S/C16H14ClN3O/c17-12-7-8-13(14(18)10-12)16-19-15(20-21-16)9-6-11-4-2-1-3-5-11/h1-5,7-8,10H,6,9,18H2. The van der Waals surface area contributed by atoms with Crippen molar-refractivity contribution in [1.29, 1.82) is 0 Å². The summed E-state index contributed by atoms with van der Waals surface area (Å²) in [5.41, 5.74) is 8.40. The summed E-state index contributed by atoms with van der Waals surface area (Å²) in [7, 11) is 0. The molecule has 0 aliphatic carbocycles. The summed E-state index contributed by atoms with van der Waals surface area (Å²) in [6.07, 6.45) is 1.59. The summed E-state index contributed by atoms with van der Waals surface area (Å²) >= 11 is 5.88. The predicted octanol–water partition coefficient (Wildman–Crippen LogP) is 3.76. The van der Waals surface area contributed by atoms with Crippen molar-refractivity contribution in [2.45, 2.75) is 12.8 Å². The van der Waals surface area contributed by atoms with Gasteiger partial charge in [-0.15, -0.1) is 0 Å². The summed E-state index contributed by atoms with van der Waals surface area (Å²) in [6, 6.07) is 15.4. The van der Waals surface area contributed by atoms with Gasteiger partial charge in [0.1, 0.15) is 0 Å². The number of nitrogens with two attached hydrogens (primary N) is 1. The number of aromatic nitrogens is 2. The van der Waals surface area contributed by atoms with Gasteiger partial charge in [-0.1, -0.05) is 47.1 Å². The Labute approximate surface area is 127 Å². The first-order chi connectivity index (χ1) is 10.2. The second kappa shape index (κ2) is 5.97. The van der Waals surface area contributed by atoms with Gasteiger partial charge in [-0.05, 0) is 30.2 Å². The lowest BCUT2D eigenvalue weighted by atomic mass is 10.1. The molecule has 5 heteroatoms. The number of rotatable bonds is 4. The Bertz CT molecular complexity index is 740. The van der Waals surface area contributed by atoms with Crippen LogP contribution in [0.5, 0.6) is 0 Å². The van der Waals surface area contributed by atoms with E-state index in [-0.39, 0.29) is 0 Å². The van der Waals surface area contributed by atoms with E-state index in [1.54, 1.807) is 18.2 Å². The second-order valence-corrected chi connectivity index (χ2v) is 5.17. The molecule has 1 aromatic heterocycles. The lowest BCUT2D eigenvalue weighted by Gasteiger charge is -2.00. The normalized spacial score (nSPS) is 10.7. The third-order valence-corrected chi connectivity index (χ3v) is 3.43. The minimum absolute atomic E-state index is 0.423. The van der Waals surface area contributed by atoms with Crippen molar-refractivity contribution in [3.8, 4) is 11.5 Å². The van der Waals surface area contributed by atoms with Crippen LogP contribution in [0, 0.1) is 0 Å². The molecule has 0 aliphatic rings. The SMILES string of the molecule is Nc1cc(Cl)ccc1-c1nc(CCc2ccccc2)no1. The number of anilines is 1. The average molecular weight is 300 g/mol. The molecule has 3 aromatic rings. The molecule has 0 bridgehead atoms. The van der Waals surface area contributed by atoms with Crippen molar-refractivity contribution in [3.05, 3.63) is 64.9 Å². The van der Waals surface area contributed by atoms with Crippen LogP contribution in [0.4, 0.5) is 5.69 Å². The maximum atomic E-state index is 5.92. The van der Waals surface area contributed by atoms with Crippen molar-refractivity contribution in [1.82, 2.24) is 10.1 Å². The van der Waals surface area contributed by atoms with Gasteiger partial charge in [-0.25, -0.2) is 0 Å².